The fourth-order valence-electron chi connectivity index (χ4n) is 2.29. The second kappa shape index (κ2) is 9.72. The number of hydrogen-bond donors (Lipinski definition) is 3. The molecule has 1 aromatic carbocycles. The maximum Gasteiger partial charge on any atom is 0.191 e. The molecule has 2 rings (SSSR count). The number of nitrogens with one attached hydrogen (secondary N) is 3. The highest BCUT2D eigenvalue weighted by molar-refractivity contribution is 7.90. The van der Waals surface area contributed by atoms with E-state index in [4.69, 9.17) is 0 Å². The topological polar surface area (TPSA) is 95.5 Å². The number of rotatable bonds is 9. The minimum atomic E-state index is -2.95. The Morgan fingerprint density at radius 1 is 1.35 bits per heavy atom. The fourth-order valence-corrected chi connectivity index (χ4v) is 3.97. The largest absolute Gasteiger partial charge is 0.360 e. The van der Waals surface area contributed by atoms with E-state index in [9.17, 15) is 8.42 Å². The zero-order chi connectivity index (χ0) is 19.0. The predicted molar refractivity (Wildman–Crippen MR) is 111 cm³/mol. The van der Waals surface area contributed by atoms with Gasteiger partial charge in [-0.3, -0.25) is 4.99 Å². The van der Waals surface area contributed by atoms with Crippen LogP contribution in [0.15, 0.2) is 29.3 Å². The van der Waals surface area contributed by atoms with Gasteiger partial charge in [0.25, 0.3) is 0 Å². The Morgan fingerprint density at radius 3 is 2.81 bits per heavy atom. The number of thiazole rings is 1. The number of nitrogens with zero attached hydrogens (tertiary/aromatic N) is 2. The van der Waals surface area contributed by atoms with Gasteiger partial charge in [-0.1, -0.05) is 23.5 Å². The van der Waals surface area contributed by atoms with Gasteiger partial charge in [0.1, 0.15) is 9.84 Å². The van der Waals surface area contributed by atoms with E-state index in [0.717, 1.165) is 21.9 Å². The van der Waals surface area contributed by atoms with Gasteiger partial charge in [0.05, 0.1) is 22.5 Å². The number of sulfone groups is 1. The molecular weight excluding hydrogens is 370 g/mol. The summed E-state index contributed by atoms with van der Waals surface area (Å²) < 4.78 is 23.7. The van der Waals surface area contributed by atoms with E-state index in [1.54, 1.807) is 11.3 Å². The van der Waals surface area contributed by atoms with E-state index in [0.29, 0.717) is 25.5 Å². The molecule has 1 aromatic heterocycles. The Bertz CT molecular complexity index is 800. The first kappa shape index (κ1) is 20.4. The normalized spacial score (nSPS) is 13.6. The fraction of sp³-hybridized carbons (Fsp3) is 0.529. The number of anilines is 1. The van der Waals surface area contributed by atoms with Crippen LogP contribution in [0.1, 0.15) is 20.3 Å². The van der Waals surface area contributed by atoms with Crippen molar-refractivity contribution in [2.75, 3.05) is 37.0 Å². The molecule has 0 saturated carbocycles. The lowest BCUT2D eigenvalue weighted by atomic mass is 10.3. The first-order valence-electron chi connectivity index (χ1n) is 8.69. The molecule has 0 fully saturated rings. The summed E-state index contributed by atoms with van der Waals surface area (Å²) in [6.07, 6.45) is 1.81. The van der Waals surface area contributed by atoms with Crippen LogP contribution in [0.2, 0.25) is 0 Å². The Hall–Kier alpha value is -1.87. The molecule has 1 heterocycles. The third-order valence-corrected chi connectivity index (χ3v) is 5.57. The summed E-state index contributed by atoms with van der Waals surface area (Å²) >= 11 is 1.63. The summed E-state index contributed by atoms with van der Waals surface area (Å²) in [4.78, 5) is 9.06. The molecule has 3 N–H and O–H groups in total. The van der Waals surface area contributed by atoms with Gasteiger partial charge in [0.2, 0.25) is 0 Å². The minimum absolute atomic E-state index is 0.0275. The molecule has 9 heteroatoms. The van der Waals surface area contributed by atoms with Gasteiger partial charge in [-0.2, -0.15) is 0 Å². The van der Waals surface area contributed by atoms with E-state index in [1.165, 1.54) is 6.26 Å². The molecule has 0 saturated heterocycles. The third-order valence-electron chi connectivity index (χ3n) is 3.60. The summed E-state index contributed by atoms with van der Waals surface area (Å²) in [6, 6.07) is 8.07. The van der Waals surface area contributed by atoms with Crippen molar-refractivity contribution in [1.82, 2.24) is 15.6 Å². The third kappa shape index (κ3) is 7.17. The molecule has 1 unspecified atom stereocenters. The number of aromatic nitrogens is 1. The number of hydrogen-bond acceptors (Lipinski definition) is 6. The highest BCUT2D eigenvalue weighted by Crippen LogP contribution is 2.24. The van der Waals surface area contributed by atoms with Crippen LogP contribution in [-0.2, 0) is 9.84 Å². The van der Waals surface area contributed by atoms with Gasteiger partial charge in [-0.25, -0.2) is 13.4 Å². The number of aliphatic imine (C=N–C) groups is 1. The molecule has 26 heavy (non-hydrogen) atoms. The Balaban J connectivity index is 1.82. The van der Waals surface area contributed by atoms with Crippen molar-refractivity contribution in [2.45, 2.75) is 26.3 Å². The van der Waals surface area contributed by atoms with Gasteiger partial charge in [0, 0.05) is 25.4 Å². The van der Waals surface area contributed by atoms with E-state index in [-0.39, 0.29) is 11.8 Å². The molecule has 144 valence electrons. The van der Waals surface area contributed by atoms with Crippen molar-refractivity contribution >= 4 is 42.5 Å². The SMILES string of the molecule is CCNC(=NCCNc1nc2ccccc2s1)NC(C)CCS(C)(=O)=O. The van der Waals surface area contributed by atoms with Crippen LogP contribution in [0, 0.1) is 0 Å². The monoisotopic (exact) mass is 397 g/mol. The first-order valence-corrected chi connectivity index (χ1v) is 11.6. The molecule has 0 amide bonds. The minimum Gasteiger partial charge on any atom is -0.360 e. The van der Waals surface area contributed by atoms with Crippen LogP contribution in [-0.4, -0.2) is 57.0 Å². The van der Waals surface area contributed by atoms with Crippen molar-refractivity contribution in [3.05, 3.63) is 24.3 Å². The molecule has 7 nitrogen and oxygen atoms in total. The summed E-state index contributed by atoms with van der Waals surface area (Å²) in [5.74, 6) is 0.860. The van der Waals surface area contributed by atoms with Crippen LogP contribution < -0.4 is 16.0 Å². The van der Waals surface area contributed by atoms with Crippen molar-refractivity contribution in [1.29, 1.82) is 0 Å². The molecule has 0 bridgehead atoms. The maximum atomic E-state index is 11.3. The number of benzene rings is 1. The molecular formula is C17H27N5O2S2. The lowest BCUT2D eigenvalue weighted by Gasteiger charge is -2.17. The maximum absolute atomic E-state index is 11.3. The zero-order valence-corrected chi connectivity index (χ0v) is 17.1. The van der Waals surface area contributed by atoms with Crippen LogP contribution >= 0.6 is 11.3 Å². The van der Waals surface area contributed by atoms with Crippen LogP contribution in [0.4, 0.5) is 5.13 Å². The van der Waals surface area contributed by atoms with Gasteiger partial charge >= 0.3 is 0 Å². The van der Waals surface area contributed by atoms with E-state index in [2.05, 4.69) is 32.0 Å². The zero-order valence-electron chi connectivity index (χ0n) is 15.4. The first-order chi connectivity index (χ1) is 12.4. The molecule has 0 aliphatic carbocycles. The summed E-state index contributed by atoms with van der Waals surface area (Å²) in [5, 5.41) is 10.6. The van der Waals surface area contributed by atoms with E-state index < -0.39 is 9.84 Å². The Morgan fingerprint density at radius 2 is 2.12 bits per heavy atom. The van der Waals surface area contributed by atoms with Crippen molar-refractivity contribution < 1.29 is 8.42 Å². The molecule has 0 radical (unpaired) electrons. The molecule has 1 atom stereocenters. The second-order valence-electron chi connectivity index (χ2n) is 6.14. The number of guanidine groups is 1. The van der Waals surface area contributed by atoms with Crippen molar-refractivity contribution in [3.8, 4) is 0 Å². The Labute approximate surface area is 159 Å². The van der Waals surface area contributed by atoms with Gasteiger partial charge < -0.3 is 16.0 Å². The average molecular weight is 398 g/mol. The van der Waals surface area contributed by atoms with Crippen molar-refractivity contribution in [3.63, 3.8) is 0 Å². The summed E-state index contributed by atoms with van der Waals surface area (Å²) in [6.45, 7) is 5.96. The number of para-hydroxylation sites is 1. The van der Waals surface area contributed by atoms with Gasteiger partial charge in [-0.15, -0.1) is 0 Å². The van der Waals surface area contributed by atoms with Crippen molar-refractivity contribution in [2.24, 2.45) is 4.99 Å². The quantitative estimate of drug-likeness (QED) is 0.341. The Kier molecular flexibility index (Phi) is 7.65. The highest BCUT2D eigenvalue weighted by atomic mass is 32.2. The highest BCUT2D eigenvalue weighted by Gasteiger charge is 2.09. The van der Waals surface area contributed by atoms with Crippen LogP contribution in [0.5, 0.6) is 0 Å². The smallest absolute Gasteiger partial charge is 0.191 e. The standard InChI is InChI=1S/C17H27N5O2S2/c1-4-18-16(21-13(2)9-12-26(3,23)24)19-10-11-20-17-22-14-7-5-6-8-15(14)25-17/h5-8,13H,4,9-12H2,1-3H3,(H,20,22)(H2,18,19,21). The lowest BCUT2D eigenvalue weighted by molar-refractivity contribution is 0.581. The van der Waals surface area contributed by atoms with Crippen LogP contribution in [0.3, 0.4) is 0 Å². The summed E-state index contributed by atoms with van der Waals surface area (Å²) in [7, 11) is -2.95. The predicted octanol–water partition coefficient (Wildman–Crippen LogP) is 2.09. The number of fused-ring (bicyclic) bond motifs is 1. The van der Waals surface area contributed by atoms with E-state index >= 15 is 0 Å². The molecule has 0 spiro atoms. The summed E-state index contributed by atoms with van der Waals surface area (Å²) in [5.41, 5.74) is 0.998. The lowest BCUT2D eigenvalue weighted by Crippen LogP contribution is -2.43. The molecule has 0 aliphatic heterocycles. The molecule has 2 aromatic rings. The second-order valence-corrected chi connectivity index (χ2v) is 9.43. The van der Waals surface area contributed by atoms with Gasteiger partial charge in [0.15, 0.2) is 11.1 Å². The average Bonchev–Trinajstić information content (AvgIpc) is 2.99. The molecule has 0 aliphatic rings. The van der Waals surface area contributed by atoms with Crippen LogP contribution in [0.25, 0.3) is 10.2 Å². The van der Waals surface area contributed by atoms with E-state index in [1.807, 2.05) is 32.0 Å². The van der Waals surface area contributed by atoms with Gasteiger partial charge in [-0.05, 0) is 32.4 Å².